The Morgan fingerprint density at radius 1 is 1.35 bits per heavy atom. The van der Waals surface area contributed by atoms with Gasteiger partial charge in [-0.05, 0) is 12.1 Å². The van der Waals surface area contributed by atoms with E-state index in [2.05, 4.69) is 20.3 Å². The first kappa shape index (κ1) is 12.6. The van der Waals surface area contributed by atoms with Crippen LogP contribution in [0.25, 0.3) is 11.5 Å². The molecular formula is C13H11FN4O2. The third-order valence-electron chi connectivity index (χ3n) is 3.09. The number of hydrogen-bond acceptors (Lipinski definition) is 5. The maximum absolute atomic E-state index is 12.9. The fourth-order valence-electron chi connectivity index (χ4n) is 2.14. The third-order valence-corrected chi connectivity index (χ3v) is 3.09. The Labute approximate surface area is 113 Å². The highest BCUT2D eigenvalue weighted by Gasteiger charge is 2.22. The van der Waals surface area contributed by atoms with Crippen LogP contribution < -0.4 is 5.32 Å². The van der Waals surface area contributed by atoms with Crippen molar-refractivity contribution in [2.24, 2.45) is 0 Å². The largest absolute Gasteiger partial charge is 0.476 e. The van der Waals surface area contributed by atoms with E-state index in [-0.39, 0.29) is 11.5 Å². The number of aromatic nitrogens is 3. The summed E-state index contributed by atoms with van der Waals surface area (Å²) in [5.74, 6) is -1.35. The minimum atomic E-state index is -1.10. The number of nitrogens with zero attached hydrogens (tertiary/aromatic N) is 3. The highest BCUT2D eigenvalue weighted by Crippen LogP contribution is 2.20. The molecule has 0 amide bonds. The zero-order chi connectivity index (χ0) is 14.1. The van der Waals surface area contributed by atoms with E-state index >= 15 is 0 Å². The van der Waals surface area contributed by atoms with Gasteiger partial charge in [0.15, 0.2) is 11.5 Å². The lowest BCUT2D eigenvalue weighted by Gasteiger charge is -2.18. The number of rotatable bonds is 2. The molecule has 0 spiro atoms. The summed E-state index contributed by atoms with van der Waals surface area (Å²) in [6.45, 7) is 1.17. The number of pyridine rings is 1. The summed E-state index contributed by atoms with van der Waals surface area (Å²) >= 11 is 0. The quantitative estimate of drug-likeness (QED) is 0.850. The van der Waals surface area contributed by atoms with Crippen molar-refractivity contribution in [1.29, 1.82) is 0 Å². The molecule has 3 rings (SSSR count). The van der Waals surface area contributed by atoms with E-state index in [9.17, 15) is 14.3 Å². The first-order chi connectivity index (χ1) is 9.65. The second-order valence-electron chi connectivity index (χ2n) is 4.41. The molecule has 6 nitrogen and oxygen atoms in total. The number of fused-ring (bicyclic) bond motifs is 1. The van der Waals surface area contributed by atoms with Gasteiger partial charge in [0.25, 0.3) is 0 Å². The zero-order valence-corrected chi connectivity index (χ0v) is 10.4. The molecule has 0 aliphatic carbocycles. The summed E-state index contributed by atoms with van der Waals surface area (Å²) in [7, 11) is 0. The summed E-state index contributed by atoms with van der Waals surface area (Å²) in [4.78, 5) is 23.6. The van der Waals surface area contributed by atoms with Crippen molar-refractivity contribution in [2.75, 3.05) is 6.54 Å². The van der Waals surface area contributed by atoms with Crippen LogP contribution in [0.4, 0.5) is 4.39 Å². The molecule has 20 heavy (non-hydrogen) atoms. The van der Waals surface area contributed by atoms with E-state index in [0.29, 0.717) is 29.9 Å². The summed E-state index contributed by atoms with van der Waals surface area (Å²) in [6.07, 6.45) is 1.69. The summed E-state index contributed by atoms with van der Waals surface area (Å²) in [6, 6.07) is 2.68. The van der Waals surface area contributed by atoms with Crippen LogP contribution in [0.2, 0.25) is 0 Å². The van der Waals surface area contributed by atoms with Gasteiger partial charge in [0.1, 0.15) is 11.5 Å². The van der Waals surface area contributed by atoms with Gasteiger partial charge in [-0.3, -0.25) is 0 Å². The Morgan fingerprint density at radius 2 is 2.20 bits per heavy atom. The summed E-state index contributed by atoms with van der Waals surface area (Å²) in [5, 5.41) is 12.4. The molecule has 1 aliphatic heterocycles. The molecule has 2 aromatic heterocycles. The van der Waals surface area contributed by atoms with Gasteiger partial charge in [-0.25, -0.2) is 24.1 Å². The van der Waals surface area contributed by atoms with Gasteiger partial charge < -0.3 is 10.4 Å². The van der Waals surface area contributed by atoms with Crippen LogP contribution in [0.3, 0.4) is 0 Å². The van der Waals surface area contributed by atoms with Gasteiger partial charge in [0, 0.05) is 25.1 Å². The maximum Gasteiger partial charge on any atom is 0.354 e. The van der Waals surface area contributed by atoms with E-state index < -0.39 is 11.8 Å². The first-order valence-corrected chi connectivity index (χ1v) is 6.11. The molecule has 0 bridgehead atoms. The predicted octanol–water partition coefficient (Wildman–Crippen LogP) is 1.02. The van der Waals surface area contributed by atoms with Crippen LogP contribution in [-0.2, 0) is 13.0 Å². The van der Waals surface area contributed by atoms with Gasteiger partial charge >= 0.3 is 5.97 Å². The van der Waals surface area contributed by atoms with Crippen LogP contribution in [0.5, 0.6) is 0 Å². The lowest BCUT2D eigenvalue weighted by atomic mass is 10.0. The van der Waals surface area contributed by atoms with E-state index in [4.69, 9.17) is 0 Å². The molecule has 102 valence electrons. The molecule has 0 atom stereocenters. The Hall–Kier alpha value is -2.41. The van der Waals surface area contributed by atoms with Gasteiger partial charge in [-0.2, -0.15) is 0 Å². The van der Waals surface area contributed by atoms with E-state index in [1.807, 2.05) is 0 Å². The molecule has 1 aliphatic rings. The third kappa shape index (κ3) is 2.23. The highest BCUT2D eigenvalue weighted by molar-refractivity contribution is 5.88. The van der Waals surface area contributed by atoms with Gasteiger partial charge in [0.2, 0.25) is 0 Å². The molecule has 3 heterocycles. The first-order valence-electron chi connectivity index (χ1n) is 6.11. The standard InChI is InChI=1S/C13H11FN4O2/c14-7-1-2-10(16-5-7)12-17-9-3-4-15-6-8(9)11(18-12)13(19)20/h1-2,5,15H,3-4,6H2,(H,19,20). The van der Waals surface area contributed by atoms with E-state index in [0.717, 1.165) is 12.7 Å². The van der Waals surface area contributed by atoms with E-state index in [1.165, 1.54) is 12.1 Å². The second kappa shape index (κ2) is 4.93. The van der Waals surface area contributed by atoms with Crippen molar-refractivity contribution in [1.82, 2.24) is 20.3 Å². The molecule has 0 saturated heterocycles. The molecular weight excluding hydrogens is 263 g/mol. The number of halogens is 1. The Balaban J connectivity index is 2.14. The van der Waals surface area contributed by atoms with Crippen LogP contribution in [0.1, 0.15) is 21.7 Å². The van der Waals surface area contributed by atoms with Crippen molar-refractivity contribution in [2.45, 2.75) is 13.0 Å². The van der Waals surface area contributed by atoms with Crippen molar-refractivity contribution in [3.63, 3.8) is 0 Å². The Morgan fingerprint density at radius 3 is 2.90 bits per heavy atom. The normalized spacial score (nSPS) is 13.8. The monoisotopic (exact) mass is 274 g/mol. The number of aromatic carboxylic acids is 1. The molecule has 0 unspecified atom stereocenters. The Kier molecular flexibility index (Phi) is 3.11. The molecule has 0 saturated carbocycles. The average Bonchev–Trinajstić information content (AvgIpc) is 2.46. The molecule has 0 aromatic carbocycles. The highest BCUT2D eigenvalue weighted by atomic mass is 19.1. The second-order valence-corrected chi connectivity index (χ2v) is 4.41. The maximum atomic E-state index is 12.9. The van der Waals surface area contributed by atoms with Crippen LogP contribution in [-0.4, -0.2) is 32.6 Å². The summed E-state index contributed by atoms with van der Waals surface area (Å²) < 4.78 is 12.9. The zero-order valence-electron chi connectivity index (χ0n) is 10.4. The smallest absolute Gasteiger partial charge is 0.354 e. The van der Waals surface area contributed by atoms with Crippen LogP contribution in [0.15, 0.2) is 18.3 Å². The molecule has 0 fully saturated rings. The molecule has 7 heteroatoms. The predicted molar refractivity (Wildman–Crippen MR) is 67.6 cm³/mol. The van der Waals surface area contributed by atoms with Crippen molar-refractivity contribution < 1.29 is 14.3 Å². The number of carboxylic acids is 1. The van der Waals surface area contributed by atoms with Crippen molar-refractivity contribution >= 4 is 5.97 Å². The fraction of sp³-hybridized carbons (Fsp3) is 0.231. The fourth-order valence-corrected chi connectivity index (χ4v) is 2.14. The minimum Gasteiger partial charge on any atom is -0.476 e. The molecule has 0 radical (unpaired) electrons. The molecule has 2 aromatic rings. The topological polar surface area (TPSA) is 88.0 Å². The average molecular weight is 274 g/mol. The molecule has 2 N–H and O–H groups in total. The van der Waals surface area contributed by atoms with Crippen molar-refractivity contribution in [3.05, 3.63) is 41.1 Å². The number of nitrogens with one attached hydrogen (secondary N) is 1. The van der Waals surface area contributed by atoms with Crippen molar-refractivity contribution in [3.8, 4) is 11.5 Å². The lowest BCUT2D eigenvalue weighted by Crippen LogP contribution is -2.28. The Bertz CT molecular complexity index is 673. The lowest BCUT2D eigenvalue weighted by molar-refractivity contribution is 0.0688. The van der Waals surface area contributed by atoms with Gasteiger partial charge in [-0.1, -0.05) is 0 Å². The van der Waals surface area contributed by atoms with E-state index in [1.54, 1.807) is 0 Å². The minimum absolute atomic E-state index is 0.0247. The van der Waals surface area contributed by atoms with Crippen LogP contribution in [0, 0.1) is 5.82 Å². The van der Waals surface area contributed by atoms with Gasteiger partial charge in [-0.15, -0.1) is 0 Å². The number of carboxylic acid groups (broad SMARTS) is 1. The SMILES string of the molecule is O=C(O)c1nc(-c2ccc(F)cn2)nc2c1CNCC2. The van der Waals surface area contributed by atoms with Gasteiger partial charge in [0.05, 0.1) is 11.9 Å². The van der Waals surface area contributed by atoms with Crippen LogP contribution >= 0.6 is 0 Å². The summed E-state index contributed by atoms with van der Waals surface area (Å²) in [5.41, 5.74) is 1.64. The number of hydrogen-bond donors (Lipinski definition) is 2. The number of carbonyl (C=O) groups is 1.